The van der Waals surface area contributed by atoms with Crippen LogP contribution in [0.1, 0.15) is 212 Å². The van der Waals surface area contributed by atoms with Crippen molar-refractivity contribution in [3.63, 3.8) is 0 Å². The van der Waals surface area contributed by atoms with Gasteiger partial charge in [0.15, 0.2) is 0 Å². The van der Waals surface area contributed by atoms with Crippen molar-refractivity contribution >= 4 is 0 Å². The van der Waals surface area contributed by atoms with Gasteiger partial charge in [-0.25, -0.2) is 0 Å². The molecule has 0 aliphatic heterocycles. The Morgan fingerprint density at radius 2 is 0.825 bits per heavy atom. The molecule has 0 heterocycles. The molecular formula is C58H76N2O3. The smallest absolute Gasteiger partial charge is 0.145 e. The number of unbranched alkanes of at least 4 members (excludes halogenated alkanes) is 6. The number of rotatable bonds is 24. The molecule has 4 aromatic carbocycles. The molecule has 0 spiro atoms. The van der Waals surface area contributed by atoms with Crippen molar-refractivity contribution in [1.82, 2.24) is 0 Å². The molecule has 4 aromatic rings. The zero-order valence-corrected chi connectivity index (χ0v) is 39.3. The van der Waals surface area contributed by atoms with Gasteiger partial charge >= 0.3 is 0 Å². The molecule has 2 aliphatic rings. The number of benzene rings is 4. The van der Waals surface area contributed by atoms with Gasteiger partial charge in [-0.05, 0) is 134 Å². The van der Waals surface area contributed by atoms with E-state index in [1.54, 1.807) is 0 Å². The lowest BCUT2D eigenvalue weighted by atomic mass is 9.77. The van der Waals surface area contributed by atoms with E-state index in [9.17, 15) is 10.5 Å². The summed E-state index contributed by atoms with van der Waals surface area (Å²) >= 11 is 0. The molecule has 0 amide bonds. The predicted octanol–water partition coefficient (Wildman–Crippen LogP) is 16.5. The highest BCUT2D eigenvalue weighted by Crippen LogP contribution is 2.42. The summed E-state index contributed by atoms with van der Waals surface area (Å²) in [7, 11) is 0. The van der Waals surface area contributed by atoms with Gasteiger partial charge in [0.05, 0.1) is 13.2 Å². The molecule has 0 N–H and O–H groups in total. The minimum atomic E-state index is 0.420. The molecule has 2 saturated carbocycles. The molecule has 2 aliphatic carbocycles. The van der Waals surface area contributed by atoms with Gasteiger partial charge in [-0.1, -0.05) is 140 Å². The number of ether oxygens (including phenoxy) is 3. The maximum absolute atomic E-state index is 10.7. The van der Waals surface area contributed by atoms with Crippen LogP contribution in [0.5, 0.6) is 23.0 Å². The first kappa shape index (κ1) is 47.7. The van der Waals surface area contributed by atoms with Gasteiger partial charge in [0.2, 0.25) is 0 Å². The minimum absolute atomic E-state index is 0.420. The fourth-order valence-electron chi connectivity index (χ4n) is 10.3. The Morgan fingerprint density at radius 3 is 1.17 bits per heavy atom. The van der Waals surface area contributed by atoms with Crippen molar-refractivity contribution in [3.8, 4) is 35.1 Å². The summed E-state index contributed by atoms with van der Waals surface area (Å²) in [6.45, 7) is 9.87. The summed E-state index contributed by atoms with van der Waals surface area (Å²) < 4.78 is 19.1. The van der Waals surface area contributed by atoms with E-state index in [4.69, 9.17) is 14.2 Å². The average molecular weight is 849 g/mol. The molecule has 2 fully saturated rings. The van der Waals surface area contributed by atoms with Crippen LogP contribution in [0.2, 0.25) is 0 Å². The monoisotopic (exact) mass is 849 g/mol. The van der Waals surface area contributed by atoms with E-state index in [2.05, 4.69) is 88.4 Å². The molecule has 336 valence electrons. The lowest BCUT2D eigenvalue weighted by Crippen LogP contribution is -2.13. The average Bonchev–Trinajstić information content (AvgIpc) is 3.32. The maximum Gasteiger partial charge on any atom is 0.145 e. The zero-order valence-electron chi connectivity index (χ0n) is 39.3. The first-order chi connectivity index (χ1) is 31.0. The molecule has 5 heteroatoms. The molecular weight excluding hydrogens is 773 g/mol. The normalized spacial score (nSPS) is 18.6. The Morgan fingerprint density at radius 1 is 0.444 bits per heavy atom. The second kappa shape index (κ2) is 25.5. The lowest BCUT2D eigenvalue weighted by Gasteiger charge is -2.29. The Balaban J connectivity index is 1.18. The number of hydrogen-bond acceptors (Lipinski definition) is 5. The Kier molecular flexibility index (Phi) is 19.3. The highest BCUT2D eigenvalue weighted by molar-refractivity contribution is 5.61. The third kappa shape index (κ3) is 13.6. The van der Waals surface area contributed by atoms with E-state index in [-0.39, 0.29) is 0 Å². The second-order valence-electron chi connectivity index (χ2n) is 18.8. The van der Waals surface area contributed by atoms with E-state index >= 15 is 0 Å². The van der Waals surface area contributed by atoms with Crippen LogP contribution in [0.3, 0.4) is 0 Å². The van der Waals surface area contributed by atoms with Gasteiger partial charge in [0, 0.05) is 24.0 Å². The van der Waals surface area contributed by atoms with Crippen LogP contribution in [0.4, 0.5) is 0 Å². The summed E-state index contributed by atoms with van der Waals surface area (Å²) in [5.74, 6) is 5.27. The Bertz CT molecular complexity index is 1910. The van der Waals surface area contributed by atoms with E-state index in [1.165, 1.54) is 127 Å². The van der Waals surface area contributed by atoms with Crippen LogP contribution in [0.25, 0.3) is 0 Å². The van der Waals surface area contributed by atoms with Crippen molar-refractivity contribution in [2.24, 2.45) is 11.8 Å². The Labute approximate surface area is 381 Å². The molecule has 0 unspecified atom stereocenters. The van der Waals surface area contributed by atoms with Gasteiger partial charge < -0.3 is 14.2 Å². The maximum atomic E-state index is 10.7. The molecule has 5 nitrogen and oxygen atoms in total. The first-order valence-corrected chi connectivity index (χ1v) is 25.2. The largest absolute Gasteiger partial charge is 0.493 e. The van der Waals surface area contributed by atoms with Gasteiger partial charge in [-0.2, -0.15) is 10.5 Å². The molecule has 63 heavy (non-hydrogen) atoms. The van der Waals surface area contributed by atoms with Crippen LogP contribution < -0.4 is 14.2 Å². The number of nitrogens with zero attached hydrogens (tertiary/aromatic N) is 2. The van der Waals surface area contributed by atoms with E-state index in [0.717, 1.165) is 46.9 Å². The third-order valence-corrected chi connectivity index (χ3v) is 14.1. The summed E-state index contributed by atoms with van der Waals surface area (Å²) in [6, 6.07) is 30.6. The molecule has 0 bridgehead atoms. The van der Waals surface area contributed by atoms with Crippen LogP contribution in [-0.2, 0) is 12.8 Å². The van der Waals surface area contributed by atoms with E-state index in [0.29, 0.717) is 72.0 Å². The summed E-state index contributed by atoms with van der Waals surface area (Å²) in [5, 5.41) is 21.5. The van der Waals surface area contributed by atoms with Crippen LogP contribution in [0, 0.1) is 34.5 Å². The van der Waals surface area contributed by atoms with E-state index < -0.39 is 0 Å². The third-order valence-electron chi connectivity index (χ3n) is 14.1. The van der Waals surface area contributed by atoms with Crippen molar-refractivity contribution in [2.45, 2.75) is 181 Å². The van der Waals surface area contributed by atoms with Crippen molar-refractivity contribution in [3.05, 3.63) is 117 Å². The van der Waals surface area contributed by atoms with Gasteiger partial charge in [0.1, 0.15) is 46.3 Å². The minimum Gasteiger partial charge on any atom is -0.493 e. The van der Waals surface area contributed by atoms with Gasteiger partial charge in [-0.15, -0.1) is 0 Å². The molecule has 0 atom stereocenters. The fraction of sp³-hybridized carbons (Fsp3) is 0.552. The van der Waals surface area contributed by atoms with E-state index in [1.807, 2.05) is 24.3 Å². The van der Waals surface area contributed by atoms with Crippen molar-refractivity contribution < 1.29 is 14.2 Å². The van der Waals surface area contributed by atoms with Crippen LogP contribution >= 0.6 is 0 Å². The fourth-order valence-corrected chi connectivity index (χ4v) is 10.3. The summed E-state index contributed by atoms with van der Waals surface area (Å²) in [5.41, 5.74) is 7.60. The van der Waals surface area contributed by atoms with Crippen LogP contribution in [-0.4, -0.2) is 13.2 Å². The topological polar surface area (TPSA) is 75.3 Å². The molecule has 0 saturated heterocycles. The molecule has 0 radical (unpaired) electrons. The summed E-state index contributed by atoms with van der Waals surface area (Å²) in [6.07, 6.45) is 26.9. The van der Waals surface area contributed by atoms with Gasteiger partial charge in [0.25, 0.3) is 0 Å². The Hall–Kier alpha value is -4.74. The second-order valence-corrected chi connectivity index (χ2v) is 18.8. The highest BCUT2D eigenvalue weighted by Gasteiger charge is 2.25. The molecule has 6 rings (SSSR count). The standard InChI is InChI=1S/C58H76N2O3/c1-5-9-11-13-15-43-17-25-47(26-18-43)49-29-21-45(22-30-49)39-51-53(41-59)57(35-33-55(51)61-37-7-3)63-58-36-34-56(62-38-8-4)52(54(58)42-60)40-46-23-31-50(32-24-46)48-27-19-44(20-28-48)16-14-12-10-6-2/h21-24,29-36,43-44,47-48H,5-20,25-28,37-40H2,1-4H3. The predicted molar refractivity (Wildman–Crippen MR) is 259 cm³/mol. The number of hydrogen-bond donors (Lipinski definition) is 0. The number of nitriles is 2. The van der Waals surface area contributed by atoms with Crippen molar-refractivity contribution in [2.75, 3.05) is 13.2 Å². The first-order valence-electron chi connectivity index (χ1n) is 25.2. The quantitative estimate of drug-likeness (QED) is 0.0657. The van der Waals surface area contributed by atoms with Gasteiger partial charge in [-0.3, -0.25) is 0 Å². The SMILES string of the molecule is CCCCCCC1CCC(c2ccc(Cc3c(OCCC)ccc(Oc4ccc(OCCC)c(Cc5ccc(C6CCC(CCCCCC)CC6)cc5)c4C#N)c3C#N)cc2)CC1. The zero-order chi connectivity index (χ0) is 44.2. The summed E-state index contributed by atoms with van der Waals surface area (Å²) in [4.78, 5) is 0. The lowest BCUT2D eigenvalue weighted by molar-refractivity contribution is 0.302. The molecule has 0 aromatic heterocycles. The van der Waals surface area contributed by atoms with Crippen molar-refractivity contribution in [1.29, 1.82) is 10.5 Å². The highest BCUT2D eigenvalue weighted by atomic mass is 16.5. The van der Waals surface area contributed by atoms with Crippen LogP contribution in [0.15, 0.2) is 72.8 Å².